The molecule has 0 amide bonds. The van der Waals surface area contributed by atoms with Gasteiger partial charge in [-0.15, -0.1) is 0 Å². The van der Waals surface area contributed by atoms with Crippen molar-refractivity contribution in [1.82, 2.24) is 0 Å². The van der Waals surface area contributed by atoms with Crippen LogP contribution in [0.2, 0.25) is 0 Å². The maximum Gasteiger partial charge on any atom is 0.181 e. The molecule has 0 aromatic heterocycles. The molecule has 0 spiro atoms. The molecule has 0 saturated heterocycles. The van der Waals surface area contributed by atoms with Gasteiger partial charge in [0, 0.05) is 0 Å². The van der Waals surface area contributed by atoms with E-state index >= 15 is 0 Å². The molecule has 0 radical (unpaired) electrons. The van der Waals surface area contributed by atoms with E-state index in [0.717, 1.165) is 42.2 Å². The second kappa shape index (κ2) is 10.7. The Kier molecular flexibility index (Phi) is 8.82. The average molecular weight is 441 g/mol. The molecule has 1 unspecified atom stereocenters. The normalized spacial score (nSPS) is 13.7. The Morgan fingerprint density at radius 2 is 1.06 bits per heavy atom. The fraction of sp³-hybridized carbons (Fsp3) is 0.586. The third-order valence-electron chi connectivity index (χ3n) is 6.78. The summed E-state index contributed by atoms with van der Waals surface area (Å²) in [5.41, 5.74) is 2.91. The molecule has 1 atom stereocenters. The Hall–Kier alpha value is -2.00. The van der Waals surface area contributed by atoms with E-state index in [9.17, 15) is 0 Å². The molecule has 0 N–H and O–H groups in total. The predicted octanol–water partition coefficient (Wildman–Crippen LogP) is 6.98. The summed E-state index contributed by atoms with van der Waals surface area (Å²) in [4.78, 5) is 0. The lowest BCUT2D eigenvalue weighted by Crippen LogP contribution is -2.54. The average Bonchev–Trinajstić information content (AvgIpc) is 2.75. The van der Waals surface area contributed by atoms with Gasteiger partial charge in [-0.1, -0.05) is 65.8 Å². The van der Waals surface area contributed by atoms with Crippen LogP contribution in [0.15, 0.2) is 48.5 Å². The number of hydrogen-bond donors (Lipinski definition) is 0. The van der Waals surface area contributed by atoms with Crippen LogP contribution in [-0.2, 0) is 10.8 Å². The van der Waals surface area contributed by atoms with E-state index in [0.29, 0.717) is 6.61 Å². The van der Waals surface area contributed by atoms with Gasteiger partial charge in [0.2, 0.25) is 0 Å². The van der Waals surface area contributed by atoms with E-state index in [1.807, 2.05) is 0 Å². The largest absolute Gasteiger partial charge is 0.489 e. The summed E-state index contributed by atoms with van der Waals surface area (Å²) >= 11 is 0. The fourth-order valence-electron chi connectivity index (χ4n) is 4.08. The van der Waals surface area contributed by atoms with Gasteiger partial charge in [-0.2, -0.15) is 0 Å². The number of nitrogens with zero attached hydrogens (tertiary/aromatic N) is 1. The second-order valence-electron chi connectivity index (χ2n) is 11.1. The summed E-state index contributed by atoms with van der Waals surface area (Å²) in [5, 5.41) is 0. The minimum atomic E-state index is -0.0161. The van der Waals surface area contributed by atoms with Crippen LogP contribution in [0.3, 0.4) is 0 Å². The Morgan fingerprint density at radius 1 is 0.656 bits per heavy atom. The zero-order valence-corrected chi connectivity index (χ0v) is 22.0. The Bertz CT molecular complexity index is 798. The SMILES string of the molecule is CC[N+](CC)(CC)CC(COc1ccc(C(C)(C)C)cc1)Oc1ccc(C(C)(C)C)cc1. The molecule has 2 rings (SSSR count). The minimum Gasteiger partial charge on any atom is -0.489 e. The van der Waals surface area contributed by atoms with Crippen LogP contribution in [0.4, 0.5) is 0 Å². The van der Waals surface area contributed by atoms with Gasteiger partial charge in [0.1, 0.15) is 24.7 Å². The van der Waals surface area contributed by atoms with Crippen molar-refractivity contribution >= 4 is 0 Å². The van der Waals surface area contributed by atoms with Crippen molar-refractivity contribution in [3.05, 3.63) is 59.7 Å². The summed E-state index contributed by atoms with van der Waals surface area (Å²) < 4.78 is 13.8. The smallest absolute Gasteiger partial charge is 0.181 e. The van der Waals surface area contributed by atoms with Gasteiger partial charge in [-0.05, 0) is 67.0 Å². The van der Waals surface area contributed by atoms with Crippen molar-refractivity contribution in [2.75, 3.05) is 32.8 Å². The summed E-state index contributed by atoms with van der Waals surface area (Å²) in [6.45, 7) is 25.0. The number of quaternary nitrogens is 1. The zero-order chi connectivity index (χ0) is 24.0. The van der Waals surface area contributed by atoms with Crippen LogP contribution in [0.5, 0.6) is 11.5 Å². The number of ether oxygens (including phenoxy) is 2. The van der Waals surface area contributed by atoms with Crippen LogP contribution >= 0.6 is 0 Å². The maximum absolute atomic E-state index is 6.50. The lowest BCUT2D eigenvalue weighted by Gasteiger charge is -2.38. The molecular formula is C29H46NO2+. The fourth-order valence-corrected chi connectivity index (χ4v) is 4.08. The minimum absolute atomic E-state index is 0.0161. The van der Waals surface area contributed by atoms with Crippen LogP contribution in [0.1, 0.15) is 73.4 Å². The lowest BCUT2D eigenvalue weighted by molar-refractivity contribution is -0.925. The highest BCUT2D eigenvalue weighted by Gasteiger charge is 2.28. The zero-order valence-electron chi connectivity index (χ0n) is 22.0. The molecule has 32 heavy (non-hydrogen) atoms. The van der Waals surface area contributed by atoms with E-state index < -0.39 is 0 Å². The molecular weight excluding hydrogens is 394 g/mol. The van der Waals surface area contributed by atoms with Gasteiger partial charge in [0.15, 0.2) is 6.10 Å². The third-order valence-corrected chi connectivity index (χ3v) is 6.78. The van der Waals surface area contributed by atoms with E-state index in [2.05, 4.69) is 111 Å². The van der Waals surface area contributed by atoms with Crippen molar-refractivity contribution < 1.29 is 14.0 Å². The van der Waals surface area contributed by atoms with Crippen LogP contribution < -0.4 is 9.47 Å². The summed E-state index contributed by atoms with van der Waals surface area (Å²) in [6, 6.07) is 17.1. The van der Waals surface area contributed by atoms with Crippen molar-refractivity contribution in [2.24, 2.45) is 0 Å². The highest BCUT2D eigenvalue weighted by Crippen LogP contribution is 2.26. The maximum atomic E-state index is 6.50. The molecule has 0 fully saturated rings. The molecule has 0 bridgehead atoms. The summed E-state index contributed by atoms with van der Waals surface area (Å²) in [7, 11) is 0. The highest BCUT2D eigenvalue weighted by atomic mass is 16.5. The van der Waals surface area contributed by atoms with Gasteiger partial charge < -0.3 is 14.0 Å². The van der Waals surface area contributed by atoms with Gasteiger partial charge in [-0.25, -0.2) is 0 Å². The molecule has 0 aliphatic rings. The summed E-state index contributed by atoms with van der Waals surface area (Å²) in [6.07, 6.45) is -0.0161. The Balaban J connectivity index is 2.17. The number of rotatable bonds is 10. The van der Waals surface area contributed by atoms with Gasteiger partial charge in [0.25, 0.3) is 0 Å². The molecule has 0 saturated carbocycles. The molecule has 0 aliphatic carbocycles. The first-order valence-electron chi connectivity index (χ1n) is 12.3. The summed E-state index contributed by atoms with van der Waals surface area (Å²) in [5.74, 6) is 1.81. The van der Waals surface area contributed by atoms with Crippen molar-refractivity contribution in [2.45, 2.75) is 79.2 Å². The van der Waals surface area contributed by atoms with Gasteiger partial charge in [0.05, 0.1) is 19.6 Å². The second-order valence-corrected chi connectivity index (χ2v) is 11.1. The van der Waals surface area contributed by atoms with E-state index in [4.69, 9.17) is 9.47 Å². The molecule has 2 aromatic carbocycles. The van der Waals surface area contributed by atoms with E-state index in [1.54, 1.807) is 0 Å². The van der Waals surface area contributed by atoms with Crippen molar-refractivity contribution in [3.8, 4) is 11.5 Å². The molecule has 178 valence electrons. The highest BCUT2D eigenvalue weighted by molar-refractivity contribution is 5.32. The molecule has 3 heteroatoms. The predicted molar refractivity (Wildman–Crippen MR) is 137 cm³/mol. The first kappa shape index (κ1) is 26.3. The monoisotopic (exact) mass is 440 g/mol. The molecule has 3 nitrogen and oxygen atoms in total. The van der Waals surface area contributed by atoms with Gasteiger partial charge in [-0.3, -0.25) is 0 Å². The first-order chi connectivity index (χ1) is 14.9. The molecule has 2 aromatic rings. The topological polar surface area (TPSA) is 18.5 Å². The third kappa shape index (κ3) is 7.27. The van der Waals surface area contributed by atoms with Crippen LogP contribution in [0.25, 0.3) is 0 Å². The number of benzene rings is 2. The van der Waals surface area contributed by atoms with Crippen molar-refractivity contribution in [1.29, 1.82) is 0 Å². The quantitative estimate of drug-likeness (QED) is 0.371. The van der Waals surface area contributed by atoms with Crippen LogP contribution in [-0.4, -0.2) is 43.4 Å². The van der Waals surface area contributed by atoms with Crippen LogP contribution in [0, 0.1) is 0 Å². The standard InChI is InChI=1S/C29H46NO2/c1-10-30(11-2,12-3)21-27(32-26-19-15-24(16-20-26)29(7,8)9)22-31-25-17-13-23(14-18-25)28(4,5)6/h13-20,27H,10-12,21-22H2,1-9H3/q+1. The van der Waals surface area contributed by atoms with E-state index in [-0.39, 0.29) is 16.9 Å². The number of hydrogen-bond acceptors (Lipinski definition) is 2. The molecule has 0 aliphatic heterocycles. The lowest BCUT2D eigenvalue weighted by atomic mass is 9.87. The number of likely N-dealkylation sites (N-methyl/N-ethyl adjacent to an activating group) is 1. The van der Waals surface area contributed by atoms with Gasteiger partial charge >= 0.3 is 0 Å². The Labute approximate surface area is 197 Å². The molecule has 0 heterocycles. The van der Waals surface area contributed by atoms with E-state index in [1.165, 1.54) is 11.1 Å². The Morgan fingerprint density at radius 3 is 1.44 bits per heavy atom. The van der Waals surface area contributed by atoms with Crippen molar-refractivity contribution in [3.63, 3.8) is 0 Å². The first-order valence-corrected chi connectivity index (χ1v) is 12.3.